The summed E-state index contributed by atoms with van der Waals surface area (Å²) in [5.74, 6) is 0.279. The van der Waals surface area contributed by atoms with E-state index < -0.39 is 0 Å². The van der Waals surface area contributed by atoms with Crippen LogP contribution in [0.25, 0.3) is 0 Å². The maximum absolute atomic E-state index is 12.8. The number of hydrogen-bond acceptors (Lipinski definition) is 5. The maximum atomic E-state index is 12.8. The molecule has 162 valence electrons. The van der Waals surface area contributed by atoms with Crippen molar-refractivity contribution in [1.29, 1.82) is 0 Å². The zero-order valence-corrected chi connectivity index (χ0v) is 19.1. The van der Waals surface area contributed by atoms with Crippen molar-refractivity contribution in [2.75, 3.05) is 65.4 Å². The van der Waals surface area contributed by atoms with Crippen molar-refractivity contribution in [3.8, 4) is 0 Å². The first-order chi connectivity index (χ1) is 14.7. The summed E-state index contributed by atoms with van der Waals surface area (Å²) in [6.45, 7) is 10.1. The van der Waals surface area contributed by atoms with Crippen molar-refractivity contribution in [3.05, 3.63) is 57.2 Å². The average molecular weight is 447 g/mol. The Bertz CT molecular complexity index is 799. The predicted molar refractivity (Wildman–Crippen MR) is 124 cm³/mol. The van der Waals surface area contributed by atoms with Gasteiger partial charge in [-0.2, -0.15) is 11.3 Å². The molecular weight excluding hydrogens is 416 g/mol. The van der Waals surface area contributed by atoms with Crippen LogP contribution in [-0.2, 0) is 17.8 Å². The lowest BCUT2D eigenvalue weighted by Crippen LogP contribution is -2.53. The molecule has 0 saturated carbocycles. The first-order valence-electron chi connectivity index (χ1n) is 10.9. The molecule has 2 aromatic rings. The molecule has 0 spiro atoms. The van der Waals surface area contributed by atoms with Crippen LogP contribution in [-0.4, -0.2) is 91.0 Å². The quantitative estimate of drug-likeness (QED) is 0.654. The molecule has 5 nitrogen and oxygen atoms in total. The van der Waals surface area contributed by atoms with E-state index in [0.29, 0.717) is 6.54 Å². The Balaban J connectivity index is 1.14. The number of hydrogen-bond donors (Lipinski definition) is 0. The van der Waals surface area contributed by atoms with Crippen LogP contribution >= 0.6 is 22.9 Å². The lowest BCUT2D eigenvalue weighted by atomic mass is 10.1. The predicted octanol–water partition coefficient (Wildman–Crippen LogP) is 2.91. The van der Waals surface area contributed by atoms with Gasteiger partial charge in [-0.3, -0.25) is 14.6 Å². The topological polar surface area (TPSA) is 30.0 Å². The minimum Gasteiger partial charge on any atom is -0.339 e. The van der Waals surface area contributed by atoms with Gasteiger partial charge in [0.05, 0.1) is 11.6 Å². The normalized spacial score (nSPS) is 19.3. The van der Waals surface area contributed by atoms with Crippen LogP contribution < -0.4 is 0 Å². The van der Waals surface area contributed by atoms with Crippen LogP contribution in [0.4, 0.5) is 0 Å². The molecule has 0 atom stereocenters. The first-order valence-corrected chi connectivity index (χ1v) is 12.2. The molecule has 30 heavy (non-hydrogen) atoms. The second kappa shape index (κ2) is 10.7. The Morgan fingerprint density at radius 3 is 2.20 bits per heavy atom. The lowest BCUT2D eigenvalue weighted by Gasteiger charge is -2.38. The third-order valence-corrected chi connectivity index (χ3v) is 7.46. The van der Waals surface area contributed by atoms with Crippen molar-refractivity contribution in [3.63, 3.8) is 0 Å². The van der Waals surface area contributed by atoms with E-state index in [-0.39, 0.29) is 5.91 Å². The molecule has 2 aliphatic rings. The number of nitrogens with zero attached hydrogens (tertiary/aromatic N) is 4. The summed E-state index contributed by atoms with van der Waals surface area (Å²) in [4.78, 5) is 22.0. The fourth-order valence-corrected chi connectivity index (χ4v) is 5.25. The number of piperazine rings is 2. The number of halogens is 1. The Morgan fingerprint density at radius 2 is 1.53 bits per heavy atom. The van der Waals surface area contributed by atoms with E-state index in [0.717, 1.165) is 76.9 Å². The SMILES string of the molecule is O=C(CN1CCN(CCc2ccccc2)CC1)N1CCN(Cc2cscc2Cl)CC1. The van der Waals surface area contributed by atoms with Crippen LogP contribution in [0.2, 0.25) is 5.02 Å². The van der Waals surface area contributed by atoms with Gasteiger partial charge in [-0.1, -0.05) is 41.9 Å². The summed E-state index contributed by atoms with van der Waals surface area (Å²) < 4.78 is 0. The third-order valence-electron chi connectivity index (χ3n) is 6.19. The molecule has 3 heterocycles. The van der Waals surface area contributed by atoms with E-state index in [1.165, 1.54) is 11.1 Å². The number of carbonyl (C=O) groups excluding carboxylic acids is 1. The van der Waals surface area contributed by atoms with Crippen molar-refractivity contribution >= 4 is 28.8 Å². The van der Waals surface area contributed by atoms with Crippen LogP contribution in [0.15, 0.2) is 41.1 Å². The lowest BCUT2D eigenvalue weighted by molar-refractivity contribution is -0.134. The molecule has 2 saturated heterocycles. The fraction of sp³-hybridized carbons (Fsp3) is 0.522. The smallest absolute Gasteiger partial charge is 0.236 e. The molecule has 0 radical (unpaired) electrons. The maximum Gasteiger partial charge on any atom is 0.236 e. The molecule has 2 aliphatic heterocycles. The molecule has 7 heteroatoms. The summed E-state index contributed by atoms with van der Waals surface area (Å²) in [6, 6.07) is 10.7. The van der Waals surface area contributed by atoms with Crippen LogP contribution in [0.1, 0.15) is 11.1 Å². The molecule has 2 fully saturated rings. The standard InChI is InChI=1S/C23H31ClN4OS/c24-22-19-30-18-21(22)16-26-12-14-28(15-13-26)23(29)17-27-10-8-25(9-11-27)7-6-20-4-2-1-3-5-20/h1-5,18-19H,6-17H2. The van der Waals surface area contributed by atoms with E-state index in [2.05, 4.69) is 50.4 Å². The fourth-order valence-electron chi connectivity index (χ4n) is 4.21. The number of thiophene rings is 1. The van der Waals surface area contributed by atoms with Crippen LogP contribution in [0.5, 0.6) is 0 Å². The minimum absolute atomic E-state index is 0.279. The molecular formula is C23H31ClN4OS. The zero-order chi connectivity index (χ0) is 20.8. The van der Waals surface area contributed by atoms with Crippen molar-refractivity contribution in [2.45, 2.75) is 13.0 Å². The van der Waals surface area contributed by atoms with E-state index in [9.17, 15) is 4.79 Å². The van der Waals surface area contributed by atoms with Gasteiger partial charge in [-0.15, -0.1) is 0 Å². The first kappa shape index (κ1) is 21.8. The Hall–Kier alpha value is -1.44. The molecule has 1 amide bonds. The summed E-state index contributed by atoms with van der Waals surface area (Å²) in [5, 5.41) is 4.97. The molecule has 0 bridgehead atoms. The van der Waals surface area contributed by atoms with Crippen LogP contribution in [0, 0.1) is 0 Å². The highest BCUT2D eigenvalue weighted by Gasteiger charge is 2.25. The van der Waals surface area contributed by atoms with Gasteiger partial charge in [0.1, 0.15) is 0 Å². The van der Waals surface area contributed by atoms with Crippen molar-refractivity contribution < 1.29 is 4.79 Å². The molecule has 1 aromatic heterocycles. The monoisotopic (exact) mass is 446 g/mol. The second-order valence-corrected chi connectivity index (χ2v) is 9.41. The largest absolute Gasteiger partial charge is 0.339 e. The third kappa shape index (κ3) is 6.05. The van der Waals surface area contributed by atoms with E-state index in [1.54, 1.807) is 11.3 Å². The van der Waals surface area contributed by atoms with Gasteiger partial charge >= 0.3 is 0 Å². The van der Waals surface area contributed by atoms with Gasteiger partial charge in [0.15, 0.2) is 0 Å². The minimum atomic E-state index is 0.279. The summed E-state index contributed by atoms with van der Waals surface area (Å²) in [5.41, 5.74) is 2.60. The number of carbonyl (C=O) groups is 1. The van der Waals surface area contributed by atoms with Gasteiger partial charge in [0, 0.05) is 70.8 Å². The number of amides is 1. The van der Waals surface area contributed by atoms with Gasteiger partial charge in [0.25, 0.3) is 0 Å². The Morgan fingerprint density at radius 1 is 0.867 bits per heavy atom. The summed E-state index contributed by atoms with van der Waals surface area (Å²) in [7, 11) is 0. The van der Waals surface area contributed by atoms with Gasteiger partial charge in [0.2, 0.25) is 5.91 Å². The number of rotatable bonds is 7. The van der Waals surface area contributed by atoms with Crippen molar-refractivity contribution in [1.82, 2.24) is 19.6 Å². The molecule has 0 unspecified atom stereocenters. The van der Waals surface area contributed by atoms with Crippen LogP contribution in [0.3, 0.4) is 0 Å². The highest BCUT2D eigenvalue weighted by atomic mass is 35.5. The van der Waals surface area contributed by atoms with Gasteiger partial charge in [-0.05, 0) is 22.9 Å². The van der Waals surface area contributed by atoms with E-state index in [1.807, 2.05) is 10.3 Å². The summed E-state index contributed by atoms with van der Waals surface area (Å²) >= 11 is 7.87. The highest BCUT2D eigenvalue weighted by Crippen LogP contribution is 2.22. The van der Waals surface area contributed by atoms with E-state index in [4.69, 9.17) is 11.6 Å². The molecule has 0 aliphatic carbocycles. The average Bonchev–Trinajstić information content (AvgIpc) is 3.19. The second-order valence-electron chi connectivity index (χ2n) is 8.26. The van der Waals surface area contributed by atoms with Gasteiger partial charge < -0.3 is 9.80 Å². The Labute approximate surface area is 188 Å². The zero-order valence-electron chi connectivity index (χ0n) is 17.5. The Kier molecular flexibility index (Phi) is 7.79. The van der Waals surface area contributed by atoms with Gasteiger partial charge in [-0.25, -0.2) is 0 Å². The van der Waals surface area contributed by atoms with E-state index >= 15 is 0 Å². The molecule has 4 rings (SSSR count). The number of benzene rings is 1. The highest BCUT2D eigenvalue weighted by molar-refractivity contribution is 7.08. The molecule has 0 N–H and O–H groups in total. The summed E-state index contributed by atoms with van der Waals surface area (Å²) in [6.07, 6.45) is 1.10. The van der Waals surface area contributed by atoms with Crippen molar-refractivity contribution in [2.24, 2.45) is 0 Å². The molecule has 1 aromatic carbocycles.